The first-order valence-corrected chi connectivity index (χ1v) is 6.89. The first kappa shape index (κ1) is 15.2. The largest absolute Gasteiger partial charge is 0.497 e. The van der Waals surface area contributed by atoms with E-state index in [1.807, 2.05) is 37.3 Å². The summed E-state index contributed by atoms with van der Waals surface area (Å²) in [5.74, 6) is 2.16. The Morgan fingerprint density at radius 3 is 2.81 bits per heavy atom. The summed E-state index contributed by atoms with van der Waals surface area (Å²) in [6, 6.07) is 5.63. The molecule has 1 aliphatic heterocycles. The Labute approximate surface area is 125 Å². The second kappa shape index (κ2) is 6.97. The number of rotatable bonds is 5. The molecule has 1 atom stereocenters. The van der Waals surface area contributed by atoms with Crippen molar-refractivity contribution in [1.29, 1.82) is 0 Å². The molecule has 0 N–H and O–H groups in total. The number of carbonyl (C=O) groups excluding carboxylic acids is 1. The average molecular weight is 288 g/mol. The van der Waals surface area contributed by atoms with Gasteiger partial charge in [-0.15, -0.1) is 0 Å². The molecule has 0 bridgehead atoms. The van der Waals surface area contributed by atoms with Crippen molar-refractivity contribution in [2.45, 2.75) is 25.9 Å². The molecule has 0 fully saturated rings. The van der Waals surface area contributed by atoms with Gasteiger partial charge in [0.1, 0.15) is 29.6 Å². The first-order chi connectivity index (χ1) is 10.2. The van der Waals surface area contributed by atoms with Gasteiger partial charge in [0.05, 0.1) is 14.2 Å². The quantitative estimate of drug-likeness (QED) is 0.617. The van der Waals surface area contributed by atoms with Gasteiger partial charge < -0.3 is 14.2 Å². The molecule has 4 heteroatoms. The van der Waals surface area contributed by atoms with Gasteiger partial charge in [0, 0.05) is 23.6 Å². The number of aldehydes is 1. The summed E-state index contributed by atoms with van der Waals surface area (Å²) in [4.78, 5) is 11.3. The number of ether oxygens (including phenoxy) is 3. The van der Waals surface area contributed by atoms with Gasteiger partial charge in [0.25, 0.3) is 0 Å². The molecule has 1 aliphatic rings. The minimum Gasteiger partial charge on any atom is -0.497 e. The lowest BCUT2D eigenvalue weighted by atomic mass is 10.0. The molecule has 0 spiro atoms. The van der Waals surface area contributed by atoms with E-state index in [2.05, 4.69) is 0 Å². The van der Waals surface area contributed by atoms with Gasteiger partial charge >= 0.3 is 0 Å². The van der Waals surface area contributed by atoms with Crippen LogP contribution < -0.4 is 9.47 Å². The van der Waals surface area contributed by atoms with Crippen LogP contribution in [0.5, 0.6) is 11.5 Å². The fourth-order valence-electron chi connectivity index (χ4n) is 2.28. The smallest absolute Gasteiger partial charge is 0.149 e. The van der Waals surface area contributed by atoms with Crippen LogP contribution in [0.3, 0.4) is 0 Å². The average Bonchev–Trinajstić information content (AvgIpc) is 2.68. The predicted molar refractivity (Wildman–Crippen MR) is 80.6 cm³/mol. The highest BCUT2D eigenvalue weighted by atomic mass is 16.5. The van der Waals surface area contributed by atoms with Gasteiger partial charge in [0.15, 0.2) is 0 Å². The fourth-order valence-corrected chi connectivity index (χ4v) is 2.28. The molecule has 0 saturated carbocycles. The van der Waals surface area contributed by atoms with Crippen molar-refractivity contribution >= 4 is 6.29 Å². The van der Waals surface area contributed by atoms with Crippen LogP contribution in [0.2, 0.25) is 0 Å². The van der Waals surface area contributed by atoms with Crippen molar-refractivity contribution in [2.24, 2.45) is 0 Å². The normalized spacial score (nSPS) is 18.0. The van der Waals surface area contributed by atoms with E-state index in [9.17, 15) is 4.79 Å². The molecule has 0 saturated heterocycles. The van der Waals surface area contributed by atoms with Crippen LogP contribution in [0.15, 0.2) is 41.7 Å². The van der Waals surface area contributed by atoms with Gasteiger partial charge in [-0.2, -0.15) is 0 Å². The van der Waals surface area contributed by atoms with Crippen LogP contribution >= 0.6 is 0 Å². The van der Waals surface area contributed by atoms with Gasteiger partial charge in [-0.3, -0.25) is 4.79 Å². The minimum absolute atomic E-state index is 0.0401. The molecule has 1 aromatic carbocycles. The van der Waals surface area contributed by atoms with Crippen molar-refractivity contribution in [3.05, 3.63) is 47.2 Å². The number of carbonyl (C=O) groups is 1. The molecular formula is C17H20O4. The molecule has 21 heavy (non-hydrogen) atoms. The SMILES string of the molecule is COc1ccc(CC2=C(C=O)CC=CC(C)O2)c(OC)c1. The molecule has 1 aromatic rings. The van der Waals surface area contributed by atoms with E-state index in [0.29, 0.717) is 24.2 Å². The third-order valence-corrected chi connectivity index (χ3v) is 3.42. The molecule has 0 radical (unpaired) electrons. The Morgan fingerprint density at radius 2 is 2.14 bits per heavy atom. The van der Waals surface area contributed by atoms with E-state index in [4.69, 9.17) is 14.2 Å². The van der Waals surface area contributed by atoms with Crippen molar-refractivity contribution < 1.29 is 19.0 Å². The van der Waals surface area contributed by atoms with E-state index >= 15 is 0 Å². The molecule has 1 unspecified atom stereocenters. The van der Waals surface area contributed by atoms with E-state index in [1.54, 1.807) is 14.2 Å². The Bertz CT molecular complexity index is 572. The van der Waals surface area contributed by atoms with Gasteiger partial charge in [-0.25, -0.2) is 0 Å². The number of methoxy groups -OCH3 is 2. The zero-order chi connectivity index (χ0) is 15.2. The Balaban J connectivity index is 2.31. The number of hydrogen-bond donors (Lipinski definition) is 0. The monoisotopic (exact) mass is 288 g/mol. The lowest BCUT2D eigenvalue weighted by Crippen LogP contribution is -2.08. The second-order valence-corrected chi connectivity index (χ2v) is 4.88. The van der Waals surface area contributed by atoms with E-state index < -0.39 is 0 Å². The Morgan fingerprint density at radius 1 is 1.33 bits per heavy atom. The summed E-state index contributed by atoms with van der Waals surface area (Å²) < 4.78 is 16.4. The maximum absolute atomic E-state index is 11.3. The van der Waals surface area contributed by atoms with Crippen LogP contribution in [0.1, 0.15) is 18.9 Å². The molecule has 0 amide bonds. The van der Waals surface area contributed by atoms with Crippen LogP contribution in [0, 0.1) is 0 Å². The van der Waals surface area contributed by atoms with Crippen LogP contribution in [-0.4, -0.2) is 26.6 Å². The molecule has 0 aliphatic carbocycles. The van der Waals surface area contributed by atoms with Gasteiger partial charge in [0.2, 0.25) is 0 Å². The molecule has 1 heterocycles. The zero-order valence-corrected chi connectivity index (χ0v) is 12.6. The third-order valence-electron chi connectivity index (χ3n) is 3.42. The predicted octanol–water partition coefficient (Wildman–Crippen LogP) is 3.06. The summed E-state index contributed by atoms with van der Waals surface area (Å²) >= 11 is 0. The Hall–Kier alpha value is -2.23. The van der Waals surface area contributed by atoms with Crippen molar-refractivity contribution in [1.82, 2.24) is 0 Å². The zero-order valence-electron chi connectivity index (χ0n) is 12.6. The highest BCUT2D eigenvalue weighted by Crippen LogP contribution is 2.29. The van der Waals surface area contributed by atoms with E-state index in [0.717, 1.165) is 23.3 Å². The molecule has 4 nitrogen and oxygen atoms in total. The summed E-state index contributed by atoms with van der Waals surface area (Å²) in [5, 5.41) is 0. The highest BCUT2D eigenvalue weighted by molar-refractivity contribution is 5.75. The molecule has 112 valence electrons. The minimum atomic E-state index is -0.0401. The maximum Gasteiger partial charge on any atom is 0.149 e. The number of hydrogen-bond acceptors (Lipinski definition) is 4. The van der Waals surface area contributed by atoms with E-state index in [-0.39, 0.29) is 6.10 Å². The van der Waals surface area contributed by atoms with Gasteiger partial charge in [-0.05, 0) is 25.5 Å². The second-order valence-electron chi connectivity index (χ2n) is 4.88. The van der Waals surface area contributed by atoms with Crippen molar-refractivity contribution in [2.75, 3.05) is 14.2 Å². The Kier molecular flexibility index (Phi) is 5.04. The topological polar surface area (TPSA) is 44.8 Å². The first-order valence-electron chi connectivity index (χ1n) is 6.89. The molecule has 2 rings (SSSR count). The number of benzene rings is 1. The number of allylic oxidation sites excluding steroid dienone is 3. The fraction of sp³-hybridized carbons (Fsp3) is 0.353. The van der Waals surface area contributed by atoms with Crippen molar-refractivity contribution in [3.8, 4) is 11.5 Å². The molecule has 0 aromatic heterocycles. The third kappa shape index (κ3) is 3.66. The van der Waals surface area contributed by atoms with Crippen LogP contribution in [0.25, 0.3) is 0 Å². The van der Waals surface area contributed by atoms with E-state index in [1.165, 1.54) is 0 Å². The standard InChI is InChI=1S/C17H20O4/c1-12-5-4-6-14(11-18)17(21-12)9-13-7-8-15(19-2)10-16(13)20-3/h4-5,7-8,10-12H,6,9H2,1-3H3. The summed E-state index contributed by atoms with van der Waals surface area (Å²) in [6.45, 7) is 1.95. The van der Waals surface area contributed by atoms with Gasteiger partial charge in [-0.1, -0.05) is 12.1 Å². The van der Waals surface area contributed by atoms with Crippen LogP contribution in [-0.2, 0) is 16.0 Å². The highest BCUT2D eigenvalue weighted by Gasteiger charge is 2.16. The van der Waals surface area contributed by atoms with Crippen LogP contribution in [0.4, 0.5) is 0 Å². The summed E-state index contributed by atoms with van der Waals surface area (Å²) in [5.41, 5.74) is 1.63. The lowest BCUT2D eigenvalue weighted by Gasteiger charge is -2.16. The lowest BCUT2D eigenvalue weighted by molar-refractivity contribution is -0.105. The maximum atomic E-state index is 11.3. The summed E-state index contributed by atoms with van der Waals surface area (Å²) in [6.07, 6.45) is 5.87. The molecular weight excluding hydrogens is 268 g/mol. The van der Waals surface area contributed by atoms with Crippen molar-refractivity contribution in [3.63, 3.8) is 0 Å². The summed E-state index contributed by atoms with van der Waals surface area (Å²) in [7, 11) is 3.23.